The summed E-state index contributed by atoms with van der Waals surface area (Å²) < 4.78 is 0. The Kier molecular flexibility index (Phi) is 34.9. The number of halogens is 4. The van der Waals surface area contributed by atoms with Crippen molar-refractivity contribution in [1.82, 2.24) is 46.6 Å². The molecule has 0 unspecified atom stereocenters. The molecular formula is C85H112Cl4N14O6. The lowest BCUT2D eigenvalue weighted by molar-refractivity contribution is -0.134. The molecule has 0 aromatic heterocycles. The van der Waals surface area contributed by atoms with Gasteiger partial charge in [-0.05, 0) is 182 Å². The monoisotopic (exact) mass is 1560 g/mol. The first kappa shape index (κ1) is 86.4. The lowest BCUT2D eigenvalue weighted by atomic mass is 9.92. The SMILES string of the molecule is CC[C@@H](CN1CC[C@@H](CNC(=O)c2ccc(Cl)c(Cl)c2)N[C@@H](CCN)C1=O)C(C)C.CC[C@H](CN1CC[C@@H](CNC(=O)c2ccc3cc(Cl)ccc3c2)N[C@@H](CCCC(=N)N)C1=O)c1ccccc1.CC[C@H](CN1CC[C@@H](CNC(=O)c2ccc3cc(Cl)ccc3c2)N[C@@H](CCCC(N)=NC)C1=O)c1ccccc1. The molecule has 7 aromatic rings. The molecule has 10 rings (SSSR count). The molecule has 0 spiro atoms. The Morgan fingerprint density at radius 2 is 0.890 bits per heavy atom. The maximum absolute atomic E-state index is 13.7. The molecule has 3 aliphatic heterocycles. The van der Waals surface area contributed by atoms with Crippen molar-refractivity contribution in [3.05, 3.63) is 200 Å². The number of amides is 6. The largest absolute Gasteiger partial charge is 0.388 e. The van der Waals surface area contributed by atoms with E-state index in [0.717, 1.165) is 73.0 Å². The van der Waals surface area contributed by atoms with Crippen LogP contribution in [0.2, 0.25) is 20.1 Å². The Bertz CT molecular complexity index is 4170. The van der Waals surface area contributed by atoms with E-state index in [1.165, 1.54) is 11.1 Å². The first-order valence-corrected chi connectivity index (χ1v) is 40.2. The van der Waals surface area contributed by atoms with Crippen LogP contribution in [0, 0.1) is 17.2 Å². The highest BCUT2D eigenvalue weighted by Crippen LogP contribution is 2.29. The number of rotatable bonds is 31. The fraction of sp³-hybridized carbons (Fsp3) is 0.459. The van der Waals surface area contributed by atoms with Gasteiger partial charge in [-0.3, -0.25) is 39.2 Å². The number of fused-ring (bicyclic) bond motifs is 2. The molecule has 9 atom stereocenters. The van der Waals surface area contributed by atoms with Gasteiger partial charge in [0, 0.05) is 135 Å². The van der Waals surface area contributed by atoms with Crippen molar-refractivity contribution in [2.75, 3.05) is 72.5 Å². The van der Waals surface area contributed by atoms with Gasteiger partial charge in [0.25, 0.3) is 17.7 Å². The molecule has 3 aliphatic rings. The van der Waals surface area contributed by atoms with Crippen LogP contribution in [0.4, 0.5) is 0 Å². The summed E-state index contributed by atoms with van der Waals surface area (Å²) in [6.45, 7) is 16.6. The lowest BCUT2D eigenvalue weighted by Gasteiger charge is -2.30. The van der Waals surface area contributed by atoms with Crippen molar-refractivity contribution >= 4 is 115 Å². The predicted octanol–water partition coefficient (Wildman–Crippen LogP) is 13.5. The molecule has 24 heteroatoms. The van der Waals surface area contributed by atoms with E-state index in [0.29, 0.717) is 152 Å². The third-order valence-corrected chi connectivity index (χ3v) is 22.4. The Hall–Kier alpha value is -8.18. The van der Waals surface area contributed by atoms with Crippen molar-refractivity contribution in [2.45, 2.75) is 166 Å². The van der Waals surface area contributed by atoms with Gasteiger partial charge in [0.15, 0.2) is 0 Å². The lowest BCUT2D eigenvalue weighted by Crippen LogP contribution is -2.50. The highest BCUT2D eigenvalue weighted by Gasteiger charge is 2.36. The highest BCUT2D eigenvalue weighted by atomic mass is 35.5. The molecule has 109 heavy (non-hydrogen) atoms. The van der Waals surface area contributed by atoms with E-state index in [1.54, 1.807) is 31.3 Å². The fourth-order valence-electron chi connectivity index (χ4n) is 14.5. The number of nitrogens with zero attached hydrogens (tertiary/aromatic N) is 4. The molecule has 3 saturated heterocycles. The maximum Gasteiger partial charge on any atom is 0.251 e. The van der Waals surface area contributed by atoms with E-state index in [1.807, 2.05) is 106 Å². The molecule has 13 N–H and O–H groups in total. The van der Waals surface area contributed by atoms with Crippen LogP contribution in [-0.2, 0) is 14.4 Å². The molecule has 3 fully saturated rings. The van der Waals surface area contributed by atoms with Crippen molar-refractivity contribution < 1.29 is 28.8 Å². The molecule has 20 nitrogen and oxygen atoms in total. The van der Waals surface area contributed by atoms with E-state index in [4.69, 9.17) is 69.0 Å². The molecule has 0 bridgehead atoms. The van der Waals surface area contributed by atoms with Crippen LogP contribution in [-0.4, -0.2) is 171 Å². The van der Waals surface area contributed by atoms with Gasteiger partial charge in [0.1, 0.15) is 0 Å². The summed E-state index contributed by atoms with van der Waals surface area (Å²) in [5.41, 5.74) is 21.4. The van der Waals surface area contributed by atoms with Gasteiger partial charge in [-0.25, -0.2) is 0 Å². The van der Waals surface area contributed by atoms with Crippen LogP contribution in [0.5, 0.6) is 0 Å². The minimum Gasteiger partial charge on any atom is -0.388 e. The third-order valence-electron chi connectivity index (χ3n) is 21.2. The van der Waals surface area contributed by atoms with E-state index in [-0.39, 0.29) is 89.4 Å². The molecular weight excluding hydrogens is 1450 g/mol. The zero-order chi connectivity index (χ0) is 78.5. The summed E-state index contributed by atoms with van der Waals surface area (Å²) in [5.74, 6) is 2.04. The van der Waals surface area contributed by atoms with Gasteiger partial charge in [-0.2, -0.15) is 0 Å². The van der Waals surface area contributed by atoms with Gasteiger partial charge < -0.3 is 63.8 Å². The topological polar surface area (TPSA) is 299 Å². The van der Waals surface area contributed by atoms with Crippen LogP contribution in [0.3, 0.4) is 0 Å². The Morgan fingerprint density at radius 1 is 0.505 bits per heavy atom. The number of carbonyl (C=O) groups excluding carboxylic acids is 6. The second kappa shape index (κ2) is 44.0. The molecule has 6 amide bonds. The second-order valence-corrected chi connectivity index (χ2v) is 30.9. The van der Waals surface area contributed by atoms with Crippen LogP contribution < -0.4 is 49.1 Å². The van der Waals surface area contributed by atoms with Gasteiger partial charge in [0.2, 0.25) is 17.7 Å². The van der Waals surface area contributed by atoms with Crippen molar-refractivity contribution in [3.63, 3.8) is 0 Å². The van der Waals surface area contributed by atoms with E-state index in [9.17, 15) is 28.8 Å². The highest BCUT2D eigenvalue weighted by molar-refractivity contribution is 6.42. The Morgan fingerprint density at radius 3 is 1.28 bits per heavy atom. The van der Waals surface area contributed by atoms with Gasteiger partial charge in [-0.15, -0.1) is 0 Å². The van der Waals surface area contributed by atoms with Crippen molar-refractivity contribution in [3.8, 4) is 0 Å². The number of hydrogen-bond acceptors (Lipinski definition) is 12. The second-order valence-electron chi connectivity index (χ2n) is 29.2. The number of aliphatic imine (C=N–C) groups is 1. The van der Waals surface area contributed by atoms with Gasteiger partial charge in [0.05, 0.1) is 39.8 Å². The smallest absolute Gasteiger partial charge is 0.251 e. The Labute approximate surface area is 664 Å². The van der Waals surface area contributed by atoms with Crippen LogP contribution in [0.15, 0.2) is 157 Å². The van der Waals surface area contributed by atoms with Crippen molar-refractivity contribution in [1.29, 1.82) is 5.41 Å². The first-order chi connectivity index (χ1) is 52.5. The standard InChI is InChI=1S/C32H40ClN5O2.C31H38ClN5O2.C22H34Cl2N4O2/c1-3-22(23-8-5-4-6-9-23)21-38-17-16-28(37-29(32(38)40)10-7-11-30(34)35-2)20-36-31(39)26-13-12-25-19-27(33)15-14-24(25)18-26;1-2-21(22-7-4-3-5-8-22)20-37-16-15-27(36-28(31(37)39)9-6-10-29(33)34)19-35-30(38)25-12-11-24-18-26(32)14-13-23(24)17-25;1-4-15(14(2)3)13-28-10-8-17(27-20(7-9-25)22(28)30)12-26-21(29)16-5-6-18(23)19(24)11-16/h4-6,8-9,12-15,18-19,22,28-29,37H,3,7,10-11,16-17,20-21H2,1-2H3,(H2,34,35)(H,36,39);3-5,7-8,11-14,17-18,21,27-28,36H,2,6,9-10,15-16,19-20H2,1H3,(H3,33,34)(H,35,38);5-6,11,14-15,17,20,27H,4,7-10,12-13,25H2,1-3H3,(H,26,29)/t22-,28+,29+;21-,27+,28+;15-,17-,20-/m110/s1. The summed E-state index contributed by atoms with van der Waals surface area (Å²) in [5, 5.41) is 33.1. The average Bonchev–Trinajstić information content (AvgIpc) is 1.76. The van der Waals surface area contributed by atoms with E-state index >= 15 is 0 Å². The predicted molar refractivity (Wildman–Crippen MR) is 446 cm³/mol. The number of amidine groups is 2. The number of hydrogen-bond donors (Lipinski definition) is 10. The summed E-state index contributed by atoms with van der Waals surface area (Å²) in [6.07, 6.45) is 9.53. The third kappa shape index (κ3) is 26.5. The summed E-state index contributed by atoms with van der Waals surface area (Å²) >= 11 is 24.1. The maximum atomic E-state index is 13.7. The quantitative estimate of drug-likeness (QED) is 0.0143. The number of carbonyl (C=O) groups is 6. The first-order valence-electron chi connectivity index (χ1n) is 38.6. The minimum absolute atomic E-state index is 0.0126. The van der Waals surface area contributed by atoms with Crippen LogP contribution >= 0.6 is 46.4 Å². The molecule has 0 saturated carbocycles. The number of benzene rings is 7. The molecule has 0 radical (unpaired) electrons. The minimum atomic E-state index is -0.382. The summed E-state index contributed by atoms with van der Waals surface area (Å²) in [4.78, 5) is 89.0. The number of nitrogens with two attached hydrogens (primary N) is 3. The van der Waals surface area contributed by atoms with Gasteiger partial charge in [-0.1, -0.05) is 172 Å². The zero-order valence-electron chi connectivity index (χ0n) is 64.0. The average molecular weight is 1570 g/mol. The summed E-state index contributed by atoms with van der Waals surface area (Å²) in [6, 6.07) is 46.8. The molecule has 0 aliphatic carbocycles. The van der Waals surface area contributed by atoms with Crippen LogP contribution in [0.1, 0.15) is 172 Å². The summed E-state index contributed by atoms with van der Waals surface area (Å²) in [7, 11) is 1.68. The molecule has 3 heterocycles. The van der Waals surface area contributed by atoms with Gasteiger partial charge >= 0.3 is 0 Å². The zero-order valence-corrected chi connectivity index (χ0v) is 67.0. The Balaban J connectivity index is 0.000000208. The number of nitrogens with one attached hydrogen (secondary N) is 7. The van der Waals surface area contributed by atoms with E-state index in [2.05, 4.69) is 108 Å². The van der Waals surface area contributed by atoms with Crippen LogP contribution in [0.25, 0.3) is 21.5 Å². The van der Waals surface area contributed by atoms with E-state index < -0.39 is 0 Å². The van der Waals surface area contributed by atoms with Crippen molar-refractivity contribution in [2.24, 2.45) is 34.0 Å². The normalized spacial score (nSPS) is 19.3. The molecule has 7 aromatic carbocycles. The molecule has 586 valence electrons. The fourth-order valence-corrected chi connectivity index (χ4v) is 15.1.